The van der Waals surface area contributed by atoms with Gasteiger partial charge in [0.1, 0.15) is 3.70 Å². The van der Waals surface area contributed by atoms with Crippen LogP contribution >= 0.6 is 22.6 Å². The molecule has 0 aliphatic rings. The van der Waals surface area contributed by atoms with Gasteiger partial charge in [0, 0.05) is 6.54 Å². The standard InChI is InChI=1S/C5H8IN3/c1-2-9-5(6)4(7)3-8-9/h3H,2,7H2,1H3. The van der Waals surface area contributed by atoms with Crippen molar-refractivity contribution in [3.8, 4) is 0 Å². The van der Waals surface area contributed by atoms with E-state index in [-0.39, 0.29) is 0 Å². The van der Waals surface area contributed by atoms with E-state index in [1.807, 2.05) is 11.6 Å². The molecule has 1 aromatic rings. The summed E-state index contributed by atoms with van der Waals surface area (Å²) in [6.45, 7) is 2.92. The molecule has 1 heterocycles. The minimum atomic E-state index is 0.762. The van der Waals surface area contributed by atoms with Crippen LogP contribution < -0.4 is 5.73 Å². The Labute approximate surface area is 67.4 Å². The largest absolute Gasteiger partial charge is 0.395 e. The Morgan fingerprint density at radius 3 is 2.78 bits per heavy atom. The van der Waals surface area contributed by atoms with Crippen LogP contribution in [0, 0.1) is 3.70 Å². The van der Waals surface area contributed by atoms with Gasteiger partial charge in [-0.3, -0.25) is 4.68 Å². The van der Waals surface area contributed by atoms with Gasteiger partial charge in [-0.1, -0.05) is 0 Å². The zero-order valence-corrected chi connectivity index (χ0v) is 7.29. The maximum atomic E-state index is 5.53. The van der Waals surface area contributed by atoms with Gasteiger partial charge in [0.05, 0.1) is 11.9 Å². The lowest BCUT2D eigenvalue weighted by molar-refractivity contribution is 0.644. The average molecular weight is 237 g/mol. The van der Waals surface area contributed by atoms with Crippen LogP contribution in [-0.4, -0.2) is 9.78 Å². The highest BCUT2D eigenvalue weighted by molar-refractivity contribution is 14.1. The molecule has 0 bridgehead atoms. The number of aromatic nitrogens is 2. The lowest BCUT2D eigenvalue weighted by Gasteiger charge is -1.94. The van der Waals surface area contributed by atoms with Crippen molar-refractivity contribution in [3.05, 3.63) is 9.90 Å². The smallest absolute Gasteiger partial charge is 0.122 e. The van der Waals surface area contributed by atoms with Gasteiger partial charge in [0.25, 0.3) is 0 Å². The molecule has 9 heavy (non-hydrogen) atoms. The molecule has 1 aromatic heterocycles. The van der Waals surface area contributed by atoms with Gasteiger partial charge < -0.3 is 5.73 Å². The highest BCUT2D eigenvalue weighted by Gasteiger charge is 1.99. The van der Waals surface area contributed by atoms with E-state index in [4.69, 9.17) is 5.73 Å². The summed E-state index contributed by atoms with van der Waals surface area (Å²) in [4.78, 5) is 0. The molecule has 50 valence electrons. The molecule has 0 aliphatic carbocycles. The third-order valence-corrected chi connectivity index (χ3v) is 2.28. The van der Waals surface area contributed by atoms with Crippen LogP contribution in [0.2, 0.25) is 0 Å². The van der Waals surface area contributed by atoms with Gasteiger partial charge in [-0.05, 0) is 29.5 Å². The molecule has 0 saturated carbocycles. The molecule has 4 heteroatoms. The van der Waals surface area contributed by atoms with E-state index in [0.29, 0.717) is 0 Å². The van der Waals surface area contributed by atoms with Crippen molar-refractivity contribution in [1.82, 2.24) is 9.78 Å². The number of nitrogens with zero attached hydrogens (tertiary/aromatic N) is 2. The van der Waals surface area contributed by atoms with Gasteiger partial charge >= 0.3 is 0 Å². The Balaban J connectivity index is 3.04. The molecule has 0 fully saturated rings. The summed E-state index contributed by atoms with van der Waals surface area (Å²) in [5.41, 5.74) is 6.29. The second-order valence-electron chi connectivity index (χ2n) is 1.71. The molecule has 0 spiro atoms. The Bertz CT molecular complexity index is 206. The van der Waals surface area contributed by atoms with Crippen molar-refractivity contribution in [2.45, 2.75) is 13.5 Å². The fourth-order valence-electron chi connectivity index (χ4n) is 0.605. The molecule has 1 rings (SSSR count). The van der Waals surface area contributed by atoms with Crippen molar-refractivity contribution >= 4 is 28.3 Å². The van der Waals surface area contributed by atoms with Crippen LogP contribution in [0.1, 0.15) is 6.92 Å². The van der Waals surface area contributed by atoms with Crippen molar-refractivity contribution < 1.29 is 0 Å². The van der Waals surface area contributed by atoms with E-state index in [2.05, 4.69) is 27.7 Å². The summed E-state index contributed by atoms with van der Waals surface area (Å²) in [7, 11) is 0. The molecule has 0 unspecified atom stereocenters. The normalized spacial score (nSPS) is 10.0. The highest BCUT2D eigenvalue weighted by atomic mass is 127. The molecule has 0 amide bonds. The van der Waals surface area contributed by atoms with E-state index in [1.165, 1.54) is 0 Å². The zero-order chi connectivity index (χ0) is 6.85. The molecule has 0 saturated heterocycles. The Morgan fingerprint density at radius 2 is 2.56 bits per heavy atom. The van der Waals surface area contributed by atoms with Gasteiger partial charge in [0.15, 0.2) is 0 Å². The molecular weight excluding hydrogens is 229 g/mol. The van der Waals surface area contributed by atoms with Gasteiger partial charge in [-0.25, -0.2) is 0 Å². The van der Waals surface area contributed by atoms with Crippen LogP contribution in [0.4, 0.5) is 5.69 Å². The summed E-state index contributed by atoms with van der Waals surface area (Å²) in [6, 6.07) is 0. The molecular formula is C5H8IN3. The first-order valence-electron chi connectivity index (χ1n) is 2.72. The van der Waals surface area contributed by atoms with Crippen molar-refractivity contribution in [2.24, 2.45) is 0 Å². The maximum Gasteiger partial charge on any atom is 0.122 e. The van der Waals surface area contributed by atoms with Crippen molar-refractivity contribution in [3.63, 3.8) is 0 Å². The first kappa shape index (κ1) is 6.85. The monoisotopic (exact) mass is 237 g/mol. The quantitative estimate of drug-likeness (QED) is 0.743. The van der Waals surface area contributed by atoms with E-state index < -0.39 is 0 Å². The lowest BCUT2D eigenvalue weighted by Crippen LogP contribution is -1.98. The molecule has 2 N–H and O–H groups in total. The van der Waals surface area contributed by atoms with Crippen LogP contribution in [0.25, 0.3) is 0 Å². The highest BCUT2D eigenvalue weighted by Crippen LogP contribution is 2.12. The predicted molar refractivity (Wildman–Crippen MR) is 45.0 cm³/mol. The van der Waals surface area contributed by atoms with Gasteiger partial charge in [-0.15, -0.1) is 0 Å². The molecule has 0 aromatic carbocycles. The van der Waals surface area contributed by atoms with E-state index in [1.54, 1.807) is 6.20 Å². The number of halogens is 1. The Hall–Kier alpha value is -0.260. The summed E-state index contributed by atoms with van der Waals surface area (Å²) in [5.74, 6) is 0. The van der Waals surface area contributed by atoms with E-state index in [9.17, 15) is 0 Å². The SMILES string of the molecule is CCn1ncc(N)c1I. The minimum Gasteiger partial charge on any atom is -0.395 e. The number of anilines is 1. The number of aryl methyl sites for hydroxylation is 1. The van der Waals surface area contributed by atoms with Gasteiger partial charge in [-0.2, -0.15) is 5.10 Å². The summed E-state index contributed by atoms with van der Waals surface area (Å²) < 4.78 is 2.88. The Kier molecular flexibility index (Phi) is 1.94. The van der Waals surface area contributed by atoms with E-state index >= 15 is 0 Å². The van der Waals surface area contributed by atoms with Crippen LogP contribution in [-0.2, 0) is 6.54 Å². The number of hydrogen-bond donors (Lipinski definition) is 1. The summed E-state index contributed by atoms with van der Waals surface area (Å²) in [6.07, 6.45) is 1.67. The minimum absolute atomic E-state index is 0.762. The summed E-state index contributed by atoms with van der Waals surface area (Å²) >= 11 is 2.18. The molecule has 0 atom stereocenters. The number of hydrogen-bond acceptors (Lipinski definition) is 2. The van der Waals surface area contributed by atoms with Crippen LogP contribution in [0.5, 0.6) is 0 Å². The average Bonchev–Trinajstić information content (AvgIpc) is 2.15. The summed E-state index contributed by atoms with van der Waals surface area (Å²) in [5, 5.41) is 4.02. The molecule has 0 aliphatic heterocycles. The Morgan fingerprint density at radius 1 is 1.89 bits per heavy atom. The zero-order valence-electron chi connectivity index (χ0n) is 5.13. The number of nitrogen functional groups attached to an aromatic ring is 1. The second-order valence-corrected chi connectivity index (χ2v) is 2.73. The van der Waals surface area contributed by atoms with Crippen molar-refractivity contribution in [1.29, 1.82) is 0 Å². The topological polar surface area (TPSA) is 43.8 Å². The predicted octanol–water partition coefficient (Wildman–Crippen LogP) is 1.09. The third-order valence-electron chi connectivity index (χ3n) is 1.10. The first-order valence-corrected chi connectivity index (χ1v) is 3.80. The first-order chi connectivity index (χ1) is 4.25. The fraction of sp³-hybridized carbons (Fsp3) is 0.400. The molecule has 3 nitrogen and oxygen atoms in total. The third kappa shape index (κ3) is 1.17. The van der Waals surface area contributed by atoms with Crippen LogP contribution in [0.15, 0.2) is 6.20 Å². The lowest BCUT2D eigenvalue weighted by atomic mass is 10.6. The van der Waals surface area contributed by atoms with Gasteiger partial charge in [0.2, 0.25) is 0 Å². The maximum absolute atomic E-state index is 5.53. The van der Waals surface area contributed by atoms with Crippen LogP contribution in [0.3, 0.4) is 0 Å². The second kappa shape index (κ2) is 2.55. The number of nitrogens with two attached hydrogens (primary N) is 1. The fourth-order valence-corrected chi connectivity index (χ4v) is 1.21. The van der Waals surface area contributed by atoms with Crippen molar-refractivity contribution in [2.75, 3.05) is 5.73 Å². The molecule has 0 radical (unpaired) electrons. The number of rotatable bonds is 1. The van der Waals surface area contributed by atoms with E-state index in [0.717, 1.165) is 15.9 Å².